The van der Waals surface area contributed by atoms with Crippen LogP contribution in [0.25, 0.3) is 10.2 Å². The number of aryl methyl sites for hydroxylation is 4. The van der Waals surface area contributed by atoms with Crippen molar-refractivity contribution in [3.63, 3.8) is 0 Å². The van der Waals surface area contributed by atoms with E-state index >= 15 is 0 Å². The first-order valence-corrected chi connectivity index (χ1v) is 12.4. The third kappa shape index (κ3) is 3.93. The number of benzene rings is 1. The summed E-state index contributed by atoms with van der Waals surface area (Å²) in [5.41, 5.74) is 4.33. The molecule has 3 aromatic rings. The second kappa shape index (κ2) is 8.94. The molecule has 1 amide bonds. The van der Waals surface area contributed by atoms with E-state index in [-0.39, 0.29) is 17.2 Å². The molecule has 0 aliphatic heterocycles. The van der Waals surface area contributed by atoms with Crippen LogP contribution in [-0.2, 0) is 30.6 Å². The predicted octanol–water partition coefficient (Wildman–Crippen LogP) is 4.96. The van der Waals surface area contributed by atoms with Crippen LogP contribution >= 0.6 is 23.1 Å². The fourth-order valence-electron chi connectivity index (χ4n) is 4.12. The van der Waals surface area contributed by atoms with Gasteiger partial charge in [0.05, 0.1) is 11.1 Å². The van der Waals surface area contributed by atoms with Crippen LogP contribution in [0.5, 0.6) is 0 Å². The highest BCUT2D eigenvalue weighted by molar-refractivity contribution is 7.99. The summed E-state index contributed by atoms with van der Waals surface area (Å²) in [6, 6.07) is 6.06. The van der Waals surface area contributed by atoms with Crippen molar-refractivity contribution in [1.29, 1.82) is 0 Å². The quantitative estimate of drug-likeness (QED) is 0.434. The first-order valence-electron chi connectivity index (χ1n) is 10.6. The van der Waals surface area contributed by atoms with E-state index in [1.54, 1.807) is 15.9 Å². The predicted molar refractivity (Wildman–Crippen MR) is 126 cm³/mol. The van der Waals surface area contributed by atoms with E-state index < -0.39 is 0 Å². The van der Waals surface area contributed by atoms with Gasteiger partial charge >= 0.3 is 0 Å². The Morgan fingerprint density at radius 1 is 1.27 bits per heavy atom. The molecule has 0 saturated carbocycles. The maximum absolute atomic E-state index is 13.2. The van der Waals surface area contributed by atoms with Gasteiger partial charge in [0.2, 0.25) is 5.91 Å². The number of aromatic nitrogens is 2. The smallest absolute Gasteiger partial charge is 0.263 e. The number of anilines is 1. The average molecular weight is 442 g/mol. The van der Waals surface area contributed by atoms with Crippen LogP contribution in [0.15, 0.2) is 28.2 Å². The molecule has 0 unspecified atom stereocenters. The van der Waals surface area contributed by atoms with E-state index in [0.29, 0.717) is 11.7 Å². The molecule has 1 aliphatic carbocycles. The Labute approximate surface area is 184 Å². The van der Waals surface area contributed by atoms with Crippen molar-refractivity contribution in [3.8, 4) is 0 Å². The standard InChI is InChI=1S/C23H27N3O2S2/c1-4-15-10-8-9-14(3)20(15)24-18(27)13-29-23-25-21-19(22(28)26(23)5-2)16-11-6-7-12-17(16)30-21/h8-10H,4-7,11-13H2,1-3H3,(H,24,27). The summed E-state index contributed by atoms with van der Waals surface area (Å²) in [5, 5.41) is 4.49. The molecule has 5 nitrogen and oxygen atoms in total. The van der Waals surface area contributed by atoms with Crippen LogP contribution in [0, 0.1) is 6.92 Å². The molecule has 4 rings (SSSR count). The van der Waals surface area contributed by atoms with Gasteiger partial charge in [-0.25, -0.2) is 4.98 Å². The van der Waals surface area contributed by atoms with Crippen LogP contribution < -0.4 is 10.9 Å². The van der Waals surface area contributed by atoms with E-state index in [0.717, 1.165) is 52.7 Å². The van der Waals surface area contributed by atoms with Crippen molar-refractivity contribution in [1.82, 2.24) is 9.55 Å². The lowest BCUT2D eigenvalue weighted by Gasteiger charge is -2.14. The summed E-state index contributed by atoms with van der Waals surface area (Å²) >= 11 is 2.99. The number of amides is 1. The minimum atomic E-state index is -0.0773. The molecule has 158 valence electrons. The normalized spacial score (nSPS) is 13.4. The van der Waals surface area contributed by atoms with Crippen molar-refractivity contribution in [3.05, 3.63) is 50.1 Å². The highest BCUT2D eigenvalue weighted by Gasteiger charge is 2.22. The lowest BCUT2D eigenvalue weighted by atomic mass is 9.97. The number of thioether (sulfide) groups is 1. The fraction of sp³-hybridized carbons (Fsp3) is 0.435. The Morgan fingerprint density at radius 2 is 2.07 bits per heavy atom. The third-order valence-corrected chi connectivity index (χ3v) is 7.85. The molecule has 30 heavy (non-hydrogen) atoms. The number of hydrogen-bond donors (Lipinski definition) is 1. The van der Waals surface area contributed by atoms with Gasteiger partial charge in [0, 0.05) is 17.1 Å². The number of nitrogens with one attached hydrogen (secondary N) is 1. The molecular weight excluding hydrogens is 414 g/mol. The Kier molecular flexibility index (Phi) is 6.29. The summed E-state index contributed by atoms with van der Waals surface area (Å²) < 4.78 is 1.72. The molecule has 0 spiro atoms. The summed E-state index contributed by atoms with van der Waals surface area (Å²) in [5.74, 6) is 0.145. The van der Waals surface area contributed by atoms with Gasteiger partial charge in [-0.1, -0.05) is 36.9 Å². The topological polar surface area (TPSA) is 64.0 Å². The lowest BCUT2D eigenvalue weighted by molar-refractivity contribution is -0.113. The van der Waals surface area contributed by atoms with E-state index in [4.69, 9.17) is 4.98 Å². The zero-order valence-corrected chi connectivity index (χ0v) is 19.3. The van der Waals surface area contributed by atoms with E-state index in [9.17, 15) is 9.59 Å². The Bertz CT molecular complexity index is 1160. The molecule has 0 radical (unpaired) electrons. The molecule has 0 atom stereocenters. The van der Waals surface area contributed by atoms with E-state index in [2.05, 4.69) is 12.2 Å². The summed E-state index contributed by atoms with van der Waals surface area (Å²) in [6.45, 7) is 6.59. The van der Waals surface area contributed by atoms with E-state index in [1.807, 2.05) is 32.0 Å². The molecular formula is C23H27N3O2S2. The minimum Gasteiger partial charge on any atom is -0.325 e. The highest BCUT2D eigenvalue weighted by atomic mass is 32.2. The van der Waals surface area contributed by atoms with Gasteiger partial charge in [-0.05, 0) is 62.6 Å². The lowest BCUT2D eigenvalue weighted by Crippen LogP contribution is -2.24. The zero-order valence-electron chi connectivity index (χ0n) is 17.7. The van der Waals surface area contributed by atoms with Gasteiger partial charge in [-0.3, -0.25) is 14.2 Å². The number of thiophene rings is 1. The van der Waals surface area contributed by atoms with Crippen molar-refractivity contribution >= 4 is 44.9 Å². The zero-order chi connectivity index (χ0) is 21.3. The number of carbonyl (C=O) groups excluding carboxylic acids is 1. The van der Waals surface area contributed by atoms with E-state index in [1.165, 1.54) is 28.6 Å². The molecule has 0 fully saturated rings. The van der Waals surface area contributed by atoms with Gasteiger partial charge in [0.1, 0.15) is 4.83 Å². The maximum Gasteiger partial charge on any atom is 0.263 e. The van der Waals surface area contributed by atoms with Crippen LogP contribution in [0.1, 0.15) is 48.3 Å². The number of para-hydroxylation sites is 1. The van der Waals surface area contributed by atoms with Crippen LogP contribution in [0.3, 0.4) is 0 Å². The minimum absolute atomic E-state index is 0.0389. The van der Waals surface area contributed by atoms with Crippen LogP contribution in [0.2, 0.25) is 0 Å². The molecule has 1 aliphatic rings. The van der Waals surface area contributed by atoms with Crippen LogP contribution in [-0.4, -0.2) is 21.2 Å². The van der Waals surface area contributed by atoms with Crippen molar-refractivity contribution in [2.75, 3.05) is 11.1 Å². The molecule has 0 bridgehead atoms. The molecule has 0 saturated heterocycles. The highest BCUT2D eigenvalue weighted by Crippen LogP contribution is 2.34. The number of hydrogen-bond acceptors (Lipinski definition) is 5. The number of carbonyl (C=O) groups is 1. The molecule has 2 aromatic heterocycles. The number of rotatable bonds is 6. The summed E-state index contributed by atoms with van der Waals surface area (Å²) in [4.78, 5) is 32.8. The average Bonchev–Trinajstić information content (AvgIpc) is 3.12. The first kappa shape index (κ1) is 21.1. The molecule has 1 N–H and O–H groups in total. The van der Waals surface area contributed by atoms with Crippen molar-refractivity contribution in [2.24, 2.45) is 0 Å². The SMILES string of the molecule is CCc1cccc(C)c1NC(=O)CSc1nc2sc3c(c2c(=O)n1CC)CCCC3. The molecule has 7 heteroatoms. The number of nitrogens with zero attached hydrogens (tertiary/aromatic N) is 2. The van der Waals surface area contributed by atoms with Gasteiger partial charge in [0.25, 0.3) is 5.56 Å². The van der Waals surface area contributed by atoms with Gasteiger partial charge in [-0.15, -0.1) is 11.3 Å². The first-order chi connectivity index (χ1) is 14.5. The fourth-order valence-corrected chi connectivity index (χ4v) is 6.28. The summed E-state index contributed by atoms with van der Waals surface area (Å²) in [7, 11) is 0. The van der Waals surface area contributed by atoms with Gasteiger partial charge < -0.3 is 5.32 Å². The van der Waals surface area contributed by atoms with Crippen molar-refractivity contribution < 1.29 is 4.79 Å². The van der Waals surface area contributed by atoms with Crippen LogP contribution in [0.4, 0.5) is 5.69 Å². The number of fused-ring (bicyclic) bond motifs is 3. The Morgan fingerprint density at radius 3 is 2.83 bits per heavy atom. The monoisotopic (exact) mass is 441 g/mol. The van der Waals surface area contributed by atoms with Gasteiger partial charge in [-0.2, -0.15) is 0 Å². The second-order valence-corrected chi connectivity index (χ2v) is 9.66. The summed E-state index contributed by atoms with van der Waals surface area (Å²) in [6.07, 6.45) is 5.20. The second-order valence-electron chi connectivity index (χ2n) is 7.63. The Hall–Kier alpha value is -2.12. The molecule has 2 heterocycles. The van der Waals surface area contributed by atoms with Crippen molar-refractivity contribution in [2.45, 2.75) is 64.6 Å². The maximum atomic E-state index is 13.2. The van der Waals surface area contributed by atoms with Gasteiger partial charge in [0.15, 0.2) is 5.16 Å². The third-order valence-electron chi connectivity index (χ3n) is 5.69. The Balaban J connectivity index is 1.58. The largest absolute Gasteiger partial charge is 0.325 e. The molecule has 1 aromatic carbocycles.